The molecule has 2 amide bonds. The molecule has 1 fully saturated rings. The van der Waals surface area contributed by atoms with Crippen LogP contribution < -0.4 is 10.7 Å². The number of amides is 2. The summed E-state index contributed by atoms with van der Waals surface area (Å²) in [7, 11) is 0. The van der Waals surface area contributed by atoms with Crippen LogP contribution in [0.2, 0.25) is 0 Å². The molecule has 2 rings (SSSR count). The van der Waals surface area contributed by atoms with E-state index in [-0.39, 0.29) is 24.3 Å². The van der Waals surface area contributed by atoms with Gasteiger partial charge in [0.05, 0.1) is 12.8 Å². The van der Waals surface area contributed by atoms with Crippen molar-refractivity contribution in [1.82, 2.24) is 10.7 Å². The maximum absolute atomic E-state index is 11.9. The van der Waals surface area contributed by atoms with Crippen molar-refractivity contribution in [2.45, 2.75) is 39.0 Å². The van der Waals surface area contributed by atoms with Crippen LogP contribution in [0.25, 0.3) is 0 Å². The molecule has 1 aromatic rings. The molecule has 21 heavy (non-hydrogen) atoms. The van der Waals surface area contributed by atoms with Crippen LogP contribution in [0.5, 0.6) is 0 Å². The van der Waals surface area contributed by atoms with Crippen molar-refractivity contribution in [2.24, 2.45) is 11.0 Å². The first-order chi connectivity index (χ1) is 10.2. The summed E-state index contributed by atoms with van der Waals surface area (Å²) in [5.74, 6) is -0.239. The van der Waals surface area contributed by atoms with Crippen LogP contribution in [0.1, 0.15) is 42.5 Å². The number of nitrogens with zero attached hydrogens (tertiary/aromatic N) is 1. The quantitative estimate of drug-likeness (QED) is 0.647. The van der Waals surface area contributed by atoms with Gasteiger partial charge in [-0.15, -0.1) is 11.3 Å². The molecule has 0 spiro atoms. The van der Waals surface area contributed by atoms with Gasteiger partial charge in [0.25, 0.3) is 5.91 Å². The summed E-state index contributed by atoms with van der Waals surface area (Å²) in [5.41, 5.74) is 3.56. The summed E-state index contributed by atoms with van der Waals surface area (Å²) in [6, 6.07) is 2.00. The van der Waals surface area contributed by atoms with E-state index in [1.165, 1.54) is 6.42 Å². The molecule has 0 saturated heterocycles. The second kappa shape index (κ2) is 7.93. The van der Waals surface area contributed by atoms with Gasteiger partial charge < -0.3 is 5.32 Å². The van der Waals surface area contributed by atoms with Crippen molar-refractivity contribution < 1.29 is 9.59 Å². The van der Waals surface area contributed by atoms with Crippen molar-refractivity contribution in [3.8, 4) is 0 Å². The second-order valence-corrected chi connectivity index (χ2v) is 6.26. The van der Waals surface area contributed by atoms with E-state index in [1.807, 2.05) is 18.4 Å². The maximum Gasteiger partial charge on any atom is 0.259 e. The summed E-state index contributed by atoms with van der Waals surface area (Å²) in [5, 5.41) is 8.56. The molecule has 2 N–H and O–H groups in total. The Kier molecular flexibility index (Phi) is 5.92. The molecular weight excluding hydrogens is 286 g/mol. The summed E-state index contributed by atoms with van der Waals surface area (Å²) in [4.78, 5) is 24.5. The zero-order chi connectivity index (χ0) is 15.1. The highest BCUT2D eigenvalue weighted by atomic mass is 32.1. The van der Waals surface area contributed by atoms with Crippen molar-refractivity contribution in [3.05, 3.63) is 21.9 Å². The van der Waals surface area contributed by atoms with Gasteiger partial charge in [-0.2, -0.15) is 5.10 Å². The fourth-order valence-electron chi connectivity index (χ4n) is 2.40. The number of aryl methyl sites for hydroxylation is 1. The average molecular weight is 307 g/mol. The Bertz CT molecular complexity index is 519. The molecule has 0 radical (unpaired) electrons. The van der Waals surface area contributed by atoms with E-state index in [4.69, 9.17) is 0 Å². The molecule has 1 aliphatic carbocycles. The van der Waals surface area contributed by atoms with E-state index >= 15 is 0 Å². The number of rotatable bonds is 5. The van der Waals surface area contributed by atoms with Crippen LogP contribution in [0.15, 0.2) is 16.5 Å². The van der Waals surface area contributed by atoms with E-state index in [9.17, 15) is 9.59 Å². The van der Waals surface area contributed by atoms with E-state index in [2.05, 4.69) is 15.8 Å². The van der Waals surface area contributed by atoms with E-state index < -0.39 is 0 Å². The molecule has 0 bridgehead atoms. The van der Waals surface area contributed by atoms with E-state index in [0.29, 0.717) is 0 Å². The first kappa shape index (κ1) is 15.7. The molecule has 1 aliphatic rings. The van der Waals surface area contributed by atoms with Crippen molar-refractivity contribution >= 4 is 29.4 Å². The molecular formula is C15H21N3O2S. The van der Waals surface area contributed by atoms with Crippen LogP contribution in [0.3, 0.4) is 0 Å². The Morgan fingerprint density at radius 3 is 2.81 bits per heavy atom. The second-order valence-electron chi connectivity index (χ2n) is 5.31. The Labute approximate surface area is 128 Å². The van der Waals surface area contributed by atoms with Crippen LogP contribution in [0, 0.1) is 12.8 Å². The molecule has 5 nitrogen and oxygen atoms in total. The number of nitrogens with one attached hydrogen (secondary N) is 2. The lowest BCUT2D eigenvalue weighted by molar-refractivity contribution is -0.129. The number of hydrogen-bond donors (Lipinski definition) is 2. The molecule has 1 saturated carbocycles. The van der Waals surface area contributed by atoms with Gasteiger partial charge in [0.1, 0.15) is 0 Å². The summed E-state index contributed by atoms with van der Waals surface area (Å²) >= 11 is 1.57. The fraction of sp³-hybridized carbons (Fsp3) is 0.533. The predicted octanol–water partition coefficient (Wildman–Crippen LogP) is 2.20. The fourth-order valence-corrected chi connectivity index (χ4v) is 3.18. The van der Waals surface area contributed by atoms with Gasteiger partial charge in [-0.1, -0.05) is 19.3 Å². The van der Waals surface area contributed by atoms with Gasteiger partial charge in [-0.3, -0.25) is 9.59 Å². The van der Waals surface area contributed by atoms with Crippen LogP contribution >= 0.6 is 11.3 Å². The molecule has 0 atom stereocenters. The molecule has 114 valence electrons. The lowest BCUT2D eigenvalue weighted by atomic mass is 9.89. The zero-order valence-electron chi connectivity index (χ0n) is 12.2. The SMILES string of the molecule is Cc1ccsc1/C=N/NC(=O)CNC(=O)C1CCCCC1. The molecule has 0 unspecified atom stereocenters. The third kappa shape index (κ3) is 4.97. The van der Waals surface area contributed by atoms with Gasteiger partial charge in [0.15, 0.2) is 0 Å². The van der Waals surface area contributed by atoms with Crippen molar-refractivity contribution in [1.29, 1.82) is 0 Å². The molecule has 0 aromatic carbocycles. The first-order valence-corrected chi connectivity index (χ1v) is 8.18. The summed E-state index contributed by atoms with van der Waals surface area (Å²) in [6.45, 7) is 1.97. The Morgan fingerprint density at radius 2 is 2.14 bits per heavy atom. The zero-order valence-corrected chi connectivity index (χ0v) is 13.0. The van der Waals surface area contributed by atoms with Crippen LogP contribution in [-0.2, 0) is 9.59 Å². The smallest absolute Gasteiger partial charge is 0.259 e. The molecule has 1 heterocycles. The largest absolute Gasteiger partial charge is 0.347 e. The van der Waals surface area contributed by atoms with Crippen LogP contribution in [-0.4, -0.2) is 24.6 Å². The monoisotopic (exact) mass is 307 g/mol. The van der Waals surface area contributed by atoms with Crippen molar-refractivity contribution in [2.75, 3.05) is 6.54 Å². The average Bonchev–Trinajstić information content (AvgIpc) is 2.91. The lowest BCUT2D eigenvalue weighted by Gasteiger charge is -2.20. The molecule has 6 heteroatoms. The molecule has 1 aromatic heterocycles. The van der Waals surface area contributed by atoms with E-state index in [0.717, 1.165) is 36.1 Å². The Morgan fingerprint density at radius 1 is 1.38 bits per heavy atom. The minimum Gasteiger partial charge on any atom is -0.347 e. The number of carbonyl (C=O) groups excluding carboxylic acids is 2. The number of hydrogen-bond acceptors (Lipinski definition) is 4. The topological polar surface area (TPSA) is 70.6 Å². The maximum atomic E-state index is 11.9. The summed E-state index contributed by atoms with van der Waals surface area (Å²) < 4.78 is 0. The normalized spacial score (nSPS) is 16.0. The number of carbonyl (C=O) groups is 2. The van der Waals surface area contributed by atoms with Gasteiger partial charge in [0.2, 0.25) is 5.91 Å². The molecule has 0 aliphatic heterocycles. The highest BCUT2D eigenvalue weighted by molar-refractivity contribution is 7.11. The highest BCUT2D eigenvalue weighted by Crippen LogP contribution is 2.23. The van der Waals surface area contributed by atoms with E-state index in [1.54, 1.807) is 17.6 Å². The third-order valence-electron chi connectivity index (χ3n) is 3.67. The third-order valence-corrected chi connectivity index (χ3v) is 4.63. The number of thiophene rings is 1. The van der Waals surface area contributed by atoms with Gasteiger partial charge in [-0.05, 0) is 36.8 Å². The first-order valence-electron chi connectivity index (χ1n) is 7.30. The number of hydrazone groups is 1. The van der Waals surface area contributed by atoms with Gasteiger partial charge in [0, 0.05) is 10.8 Å². The van der Waals surface area contributed by atoms with Gasteiger partial charge >= 0.3 is 0 Å². The minimum absolute atomic E-state index is 0.0112. The Balaban J connectivity index is 1.68. The standard InChI is InChI=1S/C15H21N3O2S/c1-11-7-8-21-13(11)9-17-18-14(19)10-16-15(20)12-5-3-2-4-6-12/h7-9,12H,2-6,10H2,1H3,(H,16,20)(H,18,19)/b17-9+. The lowest BCUT2D eigenvalue weighted by Crippen LogP contribution is -2.38. The summed E-state index contributed by atoms with van der Waals surface area (Å²) in [6.07, 6.45) is 6.91. The Hall–Kier alpha value is -1.69. The highest BCUT2D eigenvalue weighted by Gasteiger charge is 2.21. The van der Waals surface area contributed by atoms with Crippen LogP contribution in [0.4, 0.5) is 0 Å². The van der Waals surface area contributed by atoms with Crippen molar-refractivity contribution in [3.63, 3.8) is 0 Å². The predicted molar refractivity (Wildman–Crippen MR) is 84.4 cm³/mol. The minimum atomic E-state index is -0.301. The van der Waals surface area contributed by atoms with Gasteiger partial charge in [-0.25, -0.2) is 5.43 Å².